The molecule has 1 aromatic heterocycles. The lowest BCUT2D eigenvalue weighted by molar-refractivity contribution is 0.0632. The Morgan fingerprint density at radius 3 is 2.74 bits per heavy atom. The summed E-state index contributed by atoms with van der Waals surface area (Å²) in [7, 11) is 1.39. The standard InChI is InChI=1S/C20H21ClN2O4/c1-12-8-14(21)5-6-15(12)19(25)13-4-3-7-23(11-13)20(26)16-9-17(24)18(27-2)10-22-16/h5-6,8-10,13H,3-4,7,11H2,1-2H3,(H,22,24)/t13-/m1/s1. The molecule has 1 fully saturated rings. The number of aryl methyl sites for hydroxylation is 1. The van der Waals surface area contributed by atoms with Gasteiger partial charge in [0.25, 0.3) is 5.91 Å². The first-order chi connectivity index (χ1) is 12.9. The van der Waals surface area contributed by atoms with E-state index in [-0.39, 0.29) is 34.5 Å². The summed E-state index contributed by atoms with van der Waals surface area (Å²) in [6.45, 7) is 2.73. The normalized spacial score (nSPS) is 16.9. The lowest BCUT2D eigenvalue weighted by atomic mass is 9.88. The van der Waals surface area contributed by atoms with Crippen LogP contribution in [0.15, 0.2) is 35.3 Å². The minimum atomic E-state index is -0.360. The third kappa shape index (κ3) is 4.06. The van der Waals surface area contributed by atoms with Crippen molar-refractivity contribution < 1.29 is 14.3 Å². The Morgan fingerprint density at radius 1 is 1.30 bits per heavy atom. The molecule has 1 aliphatic rings. The molecule has 0 spiro atoms. The predicted molar refractivity (Wildman–Crippen MR) is 103 cm³/mol. The second kappa shape index (κ2) is 7.96. The highest BCUT2D eigenvalue weighted by Gasteiger charge is 2.30. The van der Waals surface area contributed by atoms with Crippen LogP contribution in [0.25, 0.3) is 0 Å². The number of benzene rings is 1. The van der Waals surface area contributed by atoms with E-state index < -0.39 is 0 Å². The van der Waals surface area contributed by atoms with Gasteiger partial charge in [0, 0.05) is 41.9 Å². The maximum atomic E-state index is 12.9. The molecule has 1 amide bonds. The number of pyridine rings is 1. The van der Waals surface area contributed by atoms with Crippen molar-refractivity contribution in [3.8, 4) is 5.75 Å². The monoisotopic (exact) mass is 388 g/mol. The number of carbonyl (C=O) groups is 2. The van der Waals surface area contributed by atoms with Crippen LogP contribution in [0.1, 0.15) is 39.3 Å². The maximum absolute atomic E-state index is 12.9. The molecule has 27 heavy (non-hydrogen) atoms. The highest BCUT2D eigenvalue weighted by Crippen LogP contribution is 2.25. The van der Waals surface area contributed by atoms with Crippen molar-refractivity contribution in [2.75, 3.05) is 20.2 Å². The molecule has 0 radical (unpaired) electrons. The Hall–Kier alpha value is -2.60. The van der Waals surface area contributed by atoms with E-state index >= 15 is 0 Å². The number of rotatable bonds is 4. The van der Waals surface area contributed by atoms with Crippen molar-refractivity contribution in [2.24, 2.45) is 5.92 Å². The molecule has 1 aliphatic heterocycles. The van der Waals surface area contributed by atoms with Crippen LogP contribution in [-0.2, 0) is 0 Å². The fourth-order valence-electron chi connectivity index (χ4n) is 3.41. The van der Waals surface area contributed by atoms with Crippen LogP contribution in [0.2, 0.25) is 5.02 Å². The molecule has 0 saturated carbocycles. The van der Waals surface area contributed by atoms with Crippen LogP contribution in [0.4, 0.5) is 0 Å². The molecule has 0 aliphatic carbocycles. The van der Waals surface area contributed by atoms with Crippen molar-refractivity contribution in [1.82, 2.24) is 9.88 Å². The second-order valence-electron chi connectivity index (χ2n) is 6.69. The number of aromatic nitrogens is 1. The van der Waals surface area contributed by atoms with Crippen LogP contribution in [0, 0.1) is 12.8 Å². The molecule has 1 saturated heterocycles. The average Bonchev–Trinajstić information content (AvgIpc) is 2.67. The molecule has 0 bridgehead atoms. The number of hydrogen-bond donors (Lipinski definition) is 1. The molecular formula is C20H21ClN2O4. The molecule has 3 rings (SSSR count). The number of ketones is 1. The highest BCUT2D eigenvalue weighted by molar-refractivity contribution is 6.30. The number of likely N-dealkylation sites (tertiary alicyclic amines) is 1. The van der Waals surface area contributed by atoms with Gasteiger partial charge in [-0.1, -0.05) is 11.6 Å². The van der Waals surface area contributed by atoms with Gasteiger partial charge in [-0.05, 0) is 43.5 Å². The maximum Gasteiger partial charge on any atom is 0.270 e. The lowest BCUT2D eigenvalue weighted by Crippen LogP contribution is -2.43. The molecule has 2 heterocycles. The van der Waals surface area contributed by atoms with Crippen molar-refractivity contribution in [3.05, 3.63) is 62.5 Å². The summed E-state index contributed by atoms with van der Waals surface area (Å²) < 4.78 is 4.92. The summed E-state index contributed by atoms with van der Waals surface area (Å²) in [5.41, 5.74) is 1.30. The van der Waals surface area contributed by atoms with Gasteiger partial charge in [0.05, 0.1) is 7.11 Å². The summed E-state index contributed by atoms with van der Waals surface area (Å²) in [6, 6.07) is 6.44. The second-order valence-corrected chi connectivity index (χ2v) is 7.13. The third-order valence-electron chi connectivity index (χ3n) is 4.86. The zero-order valence-electron chi connectivity index (χ0n) is 15.3. The Bertz CT molecular complexity index is 938. The fourth-order valence-corrected chi connectivity index (χ4v) is 3.64. The minimum Gasteiger partial charge on any atom is -0.491 e. The van der Waals surface area contributed by atoms with Gasteiger partial charge in [0.15, 0.2) is 11.5 Å². The molecular weight excluding hydrogens is 368 g/mol. The Labute approximate surface area is 162 Å². The first kappa shape index (κ1) is 19.2. The van der Waals surface area contributed by atoms with Crippen molar-refractivity contribution in [2.45, 2.75) is 19.8 Å². The quantitative estimate of drug-likeness (QED) is 0.816. The molecule has 1 atom stereocenters. The number of piperidine rings is 1. The van der Waals surface area contributed by atoms with E-state index in [1.165, 1.54) is 19.4 Å². The first-order valence-electron chi connectivity index (χ1n) is 8.77. The topological polar surface area (TPSA) is 79.5 Å². The molecule has 1 N–H and O–H groups in total. The minimum absolute atomic E-state index is 0.0184. The van der Waals surface area contributed by atoms with Gasteiger partial charge < -0.3 is 14.6 Å². The lowest BCUT2D eigenvalue weighted by Gasteiger charge is -2.32. The number of methoxy groups -OCH3 is 1. The predicted octanol–water partition coefficient (Wildman–Crippen LogP) is 3.08. The van der Waals surface area contributed by atoms with E-state index in [0.717, 1.165) is 18.4 Å². The van der Waals surface area contributed by atoms with E-state index in [1.54, 1.807) is 23.1 Å². The van der Waals surface area contributed by atoms with Crippen LogP contribution in [-0.4, -0.2) is 41.8 Å². The fraction of sp³-hybridized carbons (Fsp3) is 0.350. The van der Waals surface area contributed by atoms with Gasteiger partial charge >= 0.3 is 0 Å². The summed E-state index contributed by atoms with van der Waals surface area (Å²) in [4.78, 5) is 42.0. The number of H-pyrrole nitrogens is 1. The summed E-state index contributed by atoms with van der Waals surface area (Å²) in [6.07, 6.45) is 2.83. The smallest absolute Gasteiger partial charge is 0.270 e. The van der Waals surface area contributed by atoms with E-state index in [4.69, 9.17) is 16.3 Å². The van der Waals surface area contributed by atoms with Crippen LogP contribution in [0.3, 0.4) is 0 Å². The summed E-state index contributed by atoms with van der Waals surface area (Å²) in [5, 5.41) is 0.591. The van der Waals surface area contributed by atoms with Gasteiger partial charge in [0.2, 0.25) is 5.43 Å². The number of nitrogens with zero attached hydrogens (tertiary/aromatic N) is 1. The number of Topliss-reactive ketones (excluding diaryl/α,β-unsaturated/α-hetero) is 1. The Kier molecular flexibility index (Phi) is 5.65. The zero-order valence-corrected chi connectivity index (χ0v) is 16.0. The van der Waals surface area contributed by atoms with Crippen LogP contribution >= 0.6 is 11.6 Å². The number of carbonyl (C=O) groups excluding carboxylic acids is 2. The molecule has 0 unspecified atom stereocenters. The van der Waals surface area contributed by atoms with Gasteiger partial charge in [-0.3, -0.25) is 14.4 Å². The van der Waals surface area contributed by atoms with Crippen molar-refractivity contribution >= 4 is 23.3 Å². The first-order valence-corrected chi connectivity index (χ1v) is 9.15. The Balaban J connectivity index is 1.77. The number of aromatic amines is 1. The van der Waals surface area contributed by atoms with E-state index in [0.29, 0.717) is 23.7 Å². The Morgan fingerprint density at radius 2 is 2.07 bits per heavy atom. The van der Waals surface area contributed by atoms with Crippen molar-refractivity contribution in [3.63, 3.8) is 0 Å². The van der Waals surface area contributed by atoms with Gasteiger partial charge in [-0.25, -0.2) is 0 Å². The third-order valence-corrected chi connectivity index (χ3v) is 5.10. The number of ether oxygens (including phenoxy) is 1. The molecule has 142 valence electrons. The molecule has 6 nitrogen and oxygen atoms in total. The largest absolute Gasteiger partial charge is 0.491 e. The number of halogens is 1. The van der Waals surface area contributed by atoms with E-state index in [9.17, 15) is 14.4 Å². The van der Waals surface area contributed by atoms with Crippen molar-refractivity contribution in [1.29, 1.82) is 0 Å². The average molecular weight is 389 g/mol. The molecule has 1 aromatic carbocycles. The SMILES string of the molecule is COc1c[nH]c(C(=O)N2CCC[C@@H](C(=O)c3ccc(Cl)cc3C)C2)cc1=O. The van der Waals surface area contributed by atoms with Gasteiger partial charge in [0.1, 0.15) is 5.69 Å². The molecule has 2 aromatic rings. The van der Waals surface area contributed by atoms with Crippen LogP contribution in [0.5, 0.6) is 5.75 Å². The van der Waals surface area contributed by atoms with Gasteiger partial charge in [-0.15, -0.1) is 0 Å². The van der Waals surface area contributed by atoms with Gasteiger partial charge in [-0.2, -0.15) is 0 Å². The number of hydrogen-bond acceptors (Lipinski definition) is 4. The number of nitrogens with one attached hydrogen (secondary N) is 1. The molecule has 7 heteroatoms. The highest BCUT2D eigenvalue weighted by atomic mass is 35.5. The van der Waals surface area contributed by atoms with Crippen LogP contribution < -0.4 is 10.2 Å². The van der Waals surface area contributed by atoms with E-state index in [1.807, 2.05) is 6.92 Å². The van der Waals surface area contributed by atoms with E-state index in [2.05, 4.69) is 4.98 Å². The summed E-state index contributed by atoms with van der Waals surface area (Å²) in [5.74, 6) is -0.394. The zero-order chi connectivity index (χ0) is 19.6. The number of amides is 1. The summed E-state index contributed by atoms with van der Waals surface area (Å²) >= 11 is 5.97.